The fraction of sp³-hybridized carbons (Fsp3) is 0.857. The van der Waals surface area contributed by atoms with Gasteiger partial charge in [-0.05, 0) is 11.8 Å². The van der Waals surface area contributed by atoms with Crippen LogP contribution in [0, 0.1) is 22.8 Å². The topological polar surface area (TPSA) is 20.2 Å². The smallest absolute Gasteiger partial charge is 0.129 e. The highest BCUT2D eigenvalue weighted by Crippen LogP contribution is 2.27. The summed E-state index contributed by atoms with van der Waals surface area (Å²) >= 11 is 0. The Morgan fingerprint density at radius 2 is 1.69 bits per heavy atom. The molecule has 16 heavy (non-hydrogen) atoms. The first-order chi connectivity index (χ1) is 7.08. The third-order valence-corrected chi connectivity index (χ3v) is 3.40. The van der Waals surface area contributed by atoms with Crippen LogP contribution in [-0.2, 0) is 0 Å². The van der Waals surface area contributed by atoms with Crippen molar-refractivity contribution < 1.29 is 5.11 Å². The second kappa shape index (κ2) is 5.89. The number of rotatable bonds is 3. The van der Waals surface area contributed by atoms with Crippen molar-refractivity contribution in [2.45, 2.75) is 66.3 Å². The van der Waals surface area contributed by atoms with Crippen LogP contribution in [0.3, 0.4) is 0 Å². The summed E-state index contributed by atoms with van der Waals surface area (Å²) in [4.78, 5) is 0. The van der Waals surface area contributed by atoms with E-state index in [1.165, 1.54) is 0 Å². The quantitative estimate of drug-likeness (QED) is 0.589. The Labute approximate surface area is 103 Å². The average molecular weight is 240 g/mol. The normalized spacial score (nSPS) is 16.2. The van der Waals surface area contributed by atoms with Gasteiger partial charge in [-0.15, -0.1) is 11.5 Å². The van der Waals surface area contributed by atoms with Gasteiger partial charge >= 0.3 is 0 Å². The molecule has 0 aromatic carbocycles. The zero-order valence-electron chi connectivity index (χ0n) is 12.0. The van der Waals surface area contributed by atoms with Gasteiger partial charge in [0.05, 0.1) is 6.10 Å². The zero-order chi connectivity index (χ0) is 13.0. The van der Waals surface area contributed by atoms with Gasteiger partial charge < -0.3 is 5.11 Å². The standard InChI is InChI=1S/C14H28OSi/c1-8-9-12(10-11-16(5,6)7)13(15)14(2,3)4/h12-13,15H,8-9H2,1-7H3/t12-,13-/m0/s1. The highest BCUT2D eigenvalue weighted by atomic mass is 28.3. The Bertz CT molecular complexity index is 259. The molecule has 1 nitrogen and oxygen atoms in total. The van der Waals surface area contributed by atoms with Crippen molar-refractivity contribution in [1.29, 1.82) is 0 Å². The van der Waals surface area contributed by atoms with Gasteiger partial charge in [-0.1, -0.05) is 53.8 Å². The fourth-order valence-corrected chi connectivity index (χ4v) is 2.15. The minimum Gasteiger partial charge on any atom is -0.391 e. The average Bonchev–Trinajstić information content (AvgIpc) is 2.08. The van der Waals surface area contributed by atoms with E-state index in [4.69, 9.17) is 0 Å². The van der Waals surface area contributed by atoms with E-state index in [0.29, 0.717) is 0 Å². The van der Waals surface area contributed by atoms with E-state index in [1.54, 1.807) is 0 Å². The largest absolute Gasteiger partial charge is 0.391 e. The highest BCUT2D eigenvalue weighted by Gasteiger charge is 2.28. The van der Waals surface area contributed by atoms with Crippen molar-refractivity contribution in [3.05, 3.63) is 0 Å². The molecule has 2 atom stereocenters. The molecule has 94 valence electrons. The van der Waals surface area contributed by atoms with Gasteiger partial charge in [-0.3, -0.25) is 0 Å². The maximum absolute atomic E-state index is 10.3. The van der Waals surface area contributed by atoms with Crippen LogP contribution in [0.2, 0.25) is 19.6 Å². The molecule has 0 unspecified atom stereocenters. The Kier molecular flexibility index (Phi) is 5.79. The molecular weight excluding hydrogens is 212 g/mol. The van der Waals surface area contributed by atoms with E-state index < -0.39 is 8.07 Å². The molecule has 2 heteroatoms. The summed E-state index contributed by atoms with van der Waals surface area (Å²) in [7, 11) is -1.33. The Morgan fingerprint density at radius 1 is 1.19 bits per heavy atom. The summed E-state index contributed by atoms with van der Waals surface area (Å²) in [6, 6.07) is 0. The van der Waals surface area contributed by atoms with E-state index in [2.05, 4.69) is 58.8 Å². The lowest BCUT2D eigenvalue weighted by molar-refractivity contribution is 0.0283. The summed E-state index contributed by atoms with van der Waals surface area (Å²) in [5, 5.41) is 10.3. The predicted molar refractivity (Wildman–Crippen MR) is 75.0 cm³/mol. The Hall–Kier alpha value is -0.263. The van der Waals surface area contributed by atoms with Crippen LogP contribution in [0.25, 0.3) is 0 Å². The molecule has 0 bridgehead atoms. The van der Waals surface area contributed by atoms with Crippen LogP contribution in [-0.4, -0.2) is 19.3 Å². The van der Waals surface area contributed by atoms with Gasteiger partial charge in [0, 0.05) is 5.92 Å². The second-order valence-corrected chi connectivity index (χ2v) is 11.5. The molecule has 0 saturated carbocycles. The summed E-state index contributed by atoms with van der Waals surface area (Å²) < 4.78 is 0. The van der Waals surface area contributed by atoms with Crippen molar-refractivity contribution >= 4 is 8.07 Å². The third-order valence-electron chi connectivity index (χ3n) is 2.50. The second-order valence-electron chi connectivity index (χ2n) is 6.73. The molecule has 0 aromatic heterocycles. The van der Waals surface area contributed by atoms with Crippen molar-refractivity contribution in [2.24, 2.45) is 11.3 Å². The van der Waals surface area contributed by atoms with Crippen molar-refractivity contribution in [3.63, 3.8) is 0 Å². The van der Waals surface area contributed by atoms with Crippen LogP contribution in [0.5, 0.6) is 0 Å². The van der Waals surface area contributed by atoms with Crippen LogP contribution in [0.15, 0.2) is 0 Å². The molecular formula is C14H28OSi. The maximum Gasteiger partial charge on any atom is 0.129 e. The van der Waals surface area contributed by atoms with Gasteiger partial charge in [0.1, 0.15) is 8.07 Å². The summed E-state index contributed by atoms with van der Waals surface area (Å²) in [5.41, 5.74) is 3.31. The van der Waals surface area contributed by atoms with Gasteiger partial charge in [-0.2, -0.15) is 0 Å². The van der Waals surface area contributed by atoms with Gasteiger partial charge in [0.15, 0.2) is 0 Å². The summed E-state index contributed by atoms with van der Waals surface area (Å²) in [6.45, 7) is 15.1. The predicted octanol–water partition coefficient (Wildman–Crippen LogP) is 3.69. The monoisotopic (exact) mass is 240 g/mol. The van der Waals surface area contributed by atoms with E-state index in [1.807, 2.05) is 0 Å². The Morgan fingerprint density at radius 3 is 2.00 bits per heavy atom. The van der Waals surface area contributed by atoms with Gasteiger partial charge in [-0.25, -0.2) is 0 Å². The maximum atomic E-state index is 10.3. The van der Waals surface area contributed by atoms with E-state index in [9.17, 15) is 5.11 Å². The van der Waals surface area contributed by atoms with E-state index >= 15 is 0 Å². The molecule has 0 saturated heterocycles. The summed E-state index contributed by atoms with van der Waals surface area (Å²) in [6.07, 6.45) is 1.75. The van der Waals surface area contributed by atoms with Crippen LogP contribution < -0.4 is 0 Å². The number of aliphatic hydroxyl groups excluding tert-OH is 1. The number of hydrogen-bond donors (Lipinski definition) is 1. The van der Waals surface area contributed by atoms with Crippen molar-refractivity contribution in [3.8, 4) is 11.5 Å². The zero-order valence-corrected chi connectivity index (χ0v) is 13.0. The van der Waals surface area contributed by atoms with Crippen LogP contribution >= 0.6 is 0 Å². The molecule has 0 radical (unpaired) electrons. The van der Waals surface area contributed by atoms with Crippen molar-refractivity contribution in [1.82, 2.24) is 0 Å². The minimum absolute atomic E-state index is 0.0754. The van der Waals surface area contributed by atoms with Crippen molar-refractivity contribution in [2.75, 3.05) is 0 Å². The molecule has 0 spiro atoms. The summed E-state index contributed by atoms with van der Waals surface area (Å²) in [5.74, 6) is 3.46. The number of hydrogen-bond acceptors (Lipinski definition) is 1. The first-order valence-corrected chi connectivity index (χ1v) is 9.78. The molecule has 0 aliphatic carbocycles. The molecule has 0 fully saturated rings. The lowest BCUT2D eigenvalue weighted by atomic mass is 9.80. The molecule has 1 N–H and O–H groups in total. The molecule has 0 rings (SSSR count). The lowest BCUT2D eigenvalue weighted by Gasteiger charge is -2.30. The van der Waals surface area contributed by atoms with E-state index in [0.717, 1.165) is 12.8 Å². The molecule has 0 aromatic rings. The van der Waals surface area contributed by atoms with Gasteiger partial charge in [0.25, 0.3) is 0 Å². The first kappa shape index (κ1) is 15.7. The van der Waals surface area contributed by atoms with E-state index in [-0.39, 0.29) is 17.4 Å². The third kappa shape index (κ3) is 6.35. The molecule has 0 aliphatic heterocycles. The fourth-order valence-electron chi connectivity index (χ4n) is 1.53. The lowest BCUT2D eigenvalue weighted by Crippen LogP contribution is -2.33. The van der Waals surface area contributed by atoms with Crippen LogP contribution in [0.4, 0.5) is 0 Å². The van der Waals surface area contributed by atoms with Gasteiger partial charge in [0.2, 0.25) is 0 Å². The first-order valence-electron chi connectivity index (χ1n) is 6.28. The Balaban J connectivity index is 4.80. The molecule has 0 amide bonds. The minimum atomic E-state index is -1.33. The van der Waals surface area contributed by atoms with Crippen LogP contribution in [0.1, 0.15) is 40.5 Å². The highest BCUT2D eigenvalue weighted by molar-refractivity contribution is 6.83. The number of aliphatic hydroxyl groups is 1. The SMILES string of the molecule is CCC[C@@H](C#C[Si](C)(C)C)[C@H](O)C(C)(C)C. The molecule has 0 heterocycles. The molecule has 0 aliphatic rings.